The smallest absolute Gasteiger partial charge is 0.188 e. The van der Waals surface area contributed by atoms with Gasteiger partial charge in [-0.2, -0.15) is 5.21 Å². The summed E-state index contributed by atoms with van der Waals surface area (Å²) in [5, 5.41) is 14.3. The number of nitrogens with zero attached hydrogens (tertiary/aromatic N) is 5. The number of aromatic nitrogens is 4. The number of rotatable bonds is 5. The molecule has 2 aromatic carbocycles. The highest BCUT2D eigenvalue weighted by molar-refractivity contribution is 5.31. The number of hydrogen-bond acceptors (Lipinski definition) is 5. The third-order valence-corrected chi connectivity index (χ3v) is 4.76. The quantitative estimate of drug-likeness (QED) is 0.774. The highest BCUT2D eigenvalue weighted by atomic mass is 15.5. The molecule has 0 atom stereocenters. The summed E-state index contributed by atoms with van der Waals surface area (Å²) in [5.41, 5.74) is 2.70. The van der Waals surface area contributed by atoms with E-state index in [2.05, 4.69) is 91.1 Å². The fourth-order valence-corrected chi connectivity index (χ4v) is 3.51. The Morgan fingerprint density at radius 3 is 1.96 bits per heavy atom. The number of benzene rings is 2. The van der Waals surface area contributed by atoms with Crippen molar-refractivity contribution in [2.75, 3.05) is 26.2 Å². The first-order valence-corrected chi connectivity index (χ1v) is 8.69. The largest absolute Gasteiger partial charge is 0.293 e. The van der Waals surface area contributed by atoms with Crippen LogP contribution >= 0.6 is 0 Å². The third-order valence-electron chi connectivity index (χ3n) is 4.76. The van der Waals surface area contributed by atoms with E-state index in [9.17, 15) is 0 Å². The predicted molar refractivity (Wildman–Crippen MR) is 95.8 cm³/mol. The standard InChI is InChI=1S/C19H22N6/c1-3-7-16(8-4-1)19(17-9-5-2-6-10-17)25-13-11-24(12-14-25)15-18-20-22-23-21-18/h1-10,19H,11-15H2,(H,20,21,22,23). The van der Waals surface area contributed by atoms with Crippen LogP contribution in [0.2, 0.25) is 0 Å². The molecule has 1 aromatic heterocycles. The summed E-state index contributed by atoms with van der Waals surface area (Å²) in [6, 6.07) is 21.8. The average molecular weight is 334 g/mol. The Morgan fingerprint density at radius 2 is 1.44 bits per heavy atom. The molecule has 0 unspecified atom stereocenters. The summed E-state index contributed by atoms with van der Waals surface area (Å²) in [6.07, 6.45) is 0. The van der Waals surface area contributed by atoms with Crippen molar-refractivity contribution in [2.24, 2.45) is 0 Å². The molecule has 1 N–H and O–H groups in total. The molecule has 0 amide bonds. The Bertz CT molecular complexity index is 712. The maximum Gasteiger partial charge on any atom is 0.188 e. The Morgan fingerprint density at radius 1 is 0.840 bits per heavy atom. The lowest BCUT2D eigenvalue weighted by molar-refractivity contribution is 0.103. The molecule has 6 heteroatoms. The lowest BCUT2D eigenvalue weighted by Crippen LogP contribution is -2.47. The second-order valence-corrected chi connectivity index (χ2v) is 6.36. The second kappa shape index (κ2) is 7.55. The molecule has 1 aliphatic rings. The van der Waals surface area contributed by atoms with Gasteiger partial charge in [-0.05, 0) is 11.1 Å². The zero-order chi connectivity index (χ0) is 16.9. The molecular weight excluding hydrogens is 312 g/mol. The van der Waals surface area contributed by atoms with Crippen LogP contribution in [0.25, 0.3) is 0 Å². The molecule has 3 aromatic rings. The van der Waals surface area contributed by atoms with Crippen molar-refractivity contribution in [1.82, 2.24) is 30.4 Å². The second-order valence-electron chi connectivity index (χ2n) is 6.36. The molecule has 1 fully saturated rings. The Balaban J connectivity index is 1.49. The van der Waals surface area contributed by atoms with Gasteiger partial charge in [-0.1, -0.05) is 65.9 Å². The highest BCUT2D eigenvalue weighted by Crippen LogP contribution is 2.29. The molecule has 25 heavy (non-hydrogen) atoms. The first-order chi connectivity index (χ1) is 12.4. The topological polar surface area (TPSA) is 60.9 Å². The summed E-state index contributed by atoms with van der Waals surface area (Å²) in [6.45, 7) is 4.81. The summed E-state index contributed by atoms with van der Waals surface area (Å²) in [7, 11) is 0. The summed E-state index contributed by atoms with van der Waals surface area (Å²) in [4.78, 5) is 4.95. The number of hydrogen-bond donors (Lipinski definition) is 1. The molecule has 0 bridgehead atoms. The van der Waals surface area contributed by atoms with E-state index in [-0.39, 0.29) is 0 Å². The number of piperazine rings is 1. The van der Waals surface area contributed by atoms with Crippen LogP contribution < -0.4 is 0 Å². The van der Waals surface area contributed by atoms with Crippen molar-refractivity contribution in [2.45, 2.75) is 12.6 Å². The third kappa shape index (κ3) is 3.75. The molecule has 6 nitrogen and oxygen atoms in total. The van der Waals surface area contributed by atoms with Crippen LogP contribution in [0.3, 0.4) is 0 Å². The zero-order valence-electron chi connectivity index (χ0n) is 14.1. The minimum atomic E-state index is 0.301. The van der Waals surface area contributed by atoms with Gasteiger partial charge in [0, 0.05) is 26.2 Å². The first kappa shape index (κ1) is 15.9. The summed E-state index contributed by atoms with van der Waals surface area (Å²) in [5.74, 6) is 0.760. The van der Waals surface area contributed by atoms with E-state index >= 15 is 0 Å². The number of nitrogens with one attached hydrogen (secondary N) is 1. The lowest BCUT2D eigenvalue weighted by Gasteiger charge is -2.39. The van der Waals surface area contributed by atoms with Crippen LogP contribution in [0.4, 0.5) is 0 Å². The predicted octanol–water partition coefficient (Wildman–Crippen LogP) is 2.11. The van der Waals surface area contributed by atoms with E-state index in [1.807, 2.05) is 0 Å². The van der Waals surface area contributed by atoms with Crippen LogP contribution in [-0.4, -0.2) is 56.6 Å². The fourth-order valence-electron chi connectivity index (χ4n) is 3.51. The van der Waals surface area contributed by atoms with Crippen molar-refractivity contribution in [1.29, 1.82) is 0 Å². The monoisotopic (exact) mass is 334 g/mol. The van der Waals surface area contributed by atoms with E-state index in [0.717, 1.165) is 38.5 Å². The van der Waals surface area contributed by atoms with Gasteiger partial charge in [0.1, 0.15) is 0 Å². The molecule has 1 aliphatic heterocycles. The van der Waals surface area contributed by atoms with Crippen molar-refractivity contribution >= 4 is 0 Å². The van der Waals surface area contributed by atoms with Gasteiger partial charge in [0.15, 0.2) is 5.82 Å². The van der Waals surface area contributed by atoms with E-state index in [1.54, 1.807) is 0 Å². The van der Waals surface area contributed by atoms with Gasteiger partial charge < -0.3 is 0 Å². The van der Waals surface area contributed by atoms with Crippen LogP contribution in [0.15, 0.2) is 60.7 Å². The maximum absolute atomic E-state index is 4.06. The van der Waals surface area contributed by atoms with Gasteiger partial charge in [0.2, 0.25) is 0 Å². The zero-order valence-corrected chi connectivity index (χ0v) is 14.1. The van der Waals surface area contributed by atoms with Crippen molar-refractivity contribution < 1.29 is 0 Å². The van der Waals surface area contributed by atoms with Crippen molar-refractivity contribution in [3.63, 3.8) is 0 Å². The number of aromatic amines is 1. The molecule has 0 radical (unpaired) electrons. The summed E-state index contributed by atoms with van der Waals surface area (Å²) < 4.78 is 0. The van der Waals surface area contributed by atoms with Gasteiger partial charge in [0.05, 0.1) is 12.6 Å². The molecular formula is C19H22N6. The van der Waals surface area contributed by atoms with Crippen LogP contribution in [0.1, 0.15) is 23.0 Å². The minimum Gasteiger partial charge on any atom is -0.293 e. The summed E-state index contributed by atoms with van der Waals surface area (Å²) >= 11 is 0. The van der Waals surface area contributed by atoms with E-state index < -0.39 is 0 Å². The highest BCUT2D eigenvalue weighted by Gasteiger charge is 2.26. The molecule has 0 saturated carbocycles. The molecule has 0 aliphatic carbocycles. The van der Waals surface area contributed by atoms with Gasteiger partial charge in [-0.25, -0.2) is 0 Å². The fraction of sp³-hybridized carbons (Fsp3) is 0.316. The first-order valence-electron chi connectivity index (χ1n) is 8.69. The van der Waals surface area contributed by atoms with E-state index in [0.29, 0.717) is 6.04 Å². The number of tetrazole rings is 1. The molecule has 4 rings (SSSR count). The molecule has 128 valence electrons. The minimum absolute atomic E-state index is 0.301. The van der Waals surface area contributed by atoms with Crippen molar-refractivity contribution in [3.05, 3.63) is 77.6 Å². The lowest BCUT2D eigenvalue weighted by atomic mass is 9.96. The van der Waals surface area contributed by atoms with Gasteiger partial charge in [-0.15, -0.1) is 10.2 Å². The molecule has 0 spiro atoms. The Kier molecular flexibility index (Phi) is 4.81. The van der Waals surface area contributed by atoms with Gasteiger partial charge in [0.25, 0.3) is 0 Å². The van der Waals surface area contributed by atoms with Gasteiger partial charge >= 0.3 is 0 Å². The molecule has 1 saturated heterocycles. The van der Waals surface area contributed by atoms with Crippen LogP contribution in [0.5, 0.6) is 0 Å². The normalized spacial score (nSPS) is 16.4. The SMILES string of the molecule is c1ccc(C(c2ccccc2)N2CCN(Cc3nn[nH]n3)CC2)cc1. The maximum atomic E-state index is 4.06. The number of H-pyrrole nitrogens is 1. The van der Waals surface area contributed by atoms with Crippen LogP contribution in [-0.2, 0) is 6.54 Å². The average Bonchev–Trinajstić information content (AvgIpc) is 3.18. The Labute approximate surface area is 147 Å². The van der Waals surface area contributed by atoms with E-state index in [4.69, 9.17) is 0 Å². The Hall–Kier alpha value is -2.57. The molecule has 2 heterocycles. The van der Waals surface area contributed by atoms with Crippen molar-refractivity contribution in [3.8, 4) is 0 Å². The van der Waals surface area contributed by atoms with Crippen LogP contribution in [0, 0.1) is 0 Å². The van der Waals surface area contributed by atoms with E-state index in [1.165, 1.54) is 11.1 Å². The van der Waals surface area contributed by atoms with Gasteiger partial charge in [-0.3, -0.25) is 9.80 Å².